The highest BCUT2D eigenvalue weighted by Gasteiger charge is 2.06. The third-order valence-electron chi connectivity index (χ3n) is 2.96. The van der Waals surface area contributed by atoms with Gasteiger partial charge in [0, 0.05) is 18.9 Å². The highest BCUT2D eigenvalue weighted by Crippen LogP contribution is 2.27. The molecule has 0 saturated heterocycles. The molecule has 6 nitrogen and oxygen atoms in total. The lowest BCUT2D eigenvalue weighted by atomic mass is 10.1. The van der Waals surface area contributed by atoms with Gasteiger partial charge in [-0.1, -0.05) is 6.07 Å². The van der Waals surface area contributed by atoms with Crippen molar-refractivity contribution in [3.8, 4) is 17.6 Å². The van der Waals surface area contributed by atoms with E-state index in [1.165, 1.54) is 6.20 Å². The van der Waals surface area contributed by atoms with Gasteiger partial charge in [-0.3, -0.25) is 0 Å². The molecule has 0 saturated carbocycles. The number of aromatic nitrogens is 2. The lowest BCUT2D eigenvalue weighted by Gasteiger charge is -2.10. The standard InChI is InChI=1S/C15H16N4O2/c1-20-13-4-3-11(9-14(13)21-2)5-6-18-15-12(10-16)17-7-8-19-15/h3-4,7-9H,5-6H2,1-2H3,(H,18,19). The summed E-state index contributed by atoms with van der Waals surface area (Å²) in [6.45, 7) is 0.642. The van der Waals surface area contributed by atoms with Crippen LogP contribution in [0.25, 0.3) is 0 Å². The van der Waals surface area contributed by atoms with Crippen LogP contribution in [-0.2, 0) is 6.42 Å². The van der Waals surface area contributed by atoms with Crippen LogP contribution in [0.1, 0.15) is 11.3 Å². The lowest BCUT2D eigenvalue weighted by Crippen LogP contribution is -2.08. The zero-order valence-electron chi connectivity index (χ0n) is 12.0. The fraction of sp³-hybridized carbons (Fsp3) is 0.267. The summed E-state index contributed by atoms with van der Waals surface area (Å²) in [7, 11) is 3.22. The molecule has 0 atom stereocenters. The summed E-state index contributed by atoms with van der Waals surface area (Å²) in [6.07, 6.45) is 3.82. The topological polar surface area (TPSA) is 80.1 Å². The number of hydrogen-bond donors (Lipinski definition) is 1. The van der Waals surface area contributed by atoms with Crippen molar-refractivity contribution in [3.05, 3.63) is 41.9 Å². The van der Waals surface area contributed by atoms with Gasteiger partial charge in [-0.15, -0.1) is 0 Å². The molecule has 0 unspecified atom stereocenters. The van der Waals surface area contributed by atoms with Crippen LogP contribution in [0.15, 0.2) is 30.6 Å². The van der Waals surface area contributed by atoms with Crippen molar-refractivity contribution < 1.29 is 9.47 Å². The van der Waals surface area contributed by atoms with Gasteiger partial charge < -0.3 is 14.8 Å². The molecule has 0 spiro atoms. The van der Waals surface area contributed by atoms with Crippen molar-refractivity contribution in [2.45, 2.75) is 6.42 Å². The Hall–Kier alpha value is -2.81. The fourth-order valence-corrected chi connectivity index (χ4v) is 1.91. The number of ether oxygens (including phenoxy) is 2. The number of hydrogen-bond acceptors (Lipinski definition) is 6. The maximum absolute atomic E-state index is 8.94. The van der Waals surface area contributed by atoms with E-state index in [1.807, 2.05) is 24.3 Å². The van der Waals surface area contributed by atoms with E-state index in [9.17, 15) is 0 Å². The number of nitriles is 1. The first kappa shape index (κ1) is 14.6. The largest absolute Gasteiger partial charge is 0.493 e. The summed E-state index contributed by atoms with van der Waals surface area (Å²) in [6, 6.07) is 7.79. The lowest BCUT2D eigenvalue weighted by molar-refractivity contribution is 0.354. The van der Waals surface area contributed by atoms with Crippen LogP contribution in [0.4, 0.5) is 5.82 Å². The third-order valence-corrected chi connectivity index (χ3v) is 2.96. The monoisotopic (exact) mass is 284 g/mol. The SMILES string of the molecule is COc1ccc(CCNc2nccnc2C#N)cc1OC. The second kappa shape index (κ2) is 7.10. The van der Waals surface area contributed by atoms with E-state index in [1.54, 1.807) is 20.4 Å². The molecule has 1 heterocycles. The van der Waals surface area contributed by atoms with E-state index in [0.717, 1.165) is 12.0 Å². The van der Waals surface area contributed by atoms with Gasteiger partial charge in [-0.25, -0.2) is 9.97 Å². The Balaban J connectivity index is 1.99. The average molecular weight is 284 g/mol. The zero-order chi connectivity index (χ0) is 15.1. The number of nitrogens with zero attached hydrogens (tertiary/aromatic N) is 3. The molecule has 1 N–H and O–H groups in total. The highest BCUT2D eigenvalue weighted by atomic mass is 16.5. The summed E-state index contributed by atoms with van der Waals surface area (Å²) in [4.78, 5) is 8.05. The average Bonchev–Trinajstić information content (AvgIpc) is 2.55. The van der Waals surface area contributed by atoms with Gasteiger partial charge in [0.1, 0.15) is 6.07 Å². The summed E-state index contributed by atoms with van der Waals surface area (Å²) < 4.78 is 10.5. The quantitative estimate of drug-likeness (QED) is 0.874. The van der Waals surface area contributed by atoms with E-state index in [4.69, 9.17) is 14.7 Å². The number of nitrogens with one attached hydrogen (secondary N) is 1. The van der Waals surface area contributed by atoms with Crippen LogP contribution in [0, 0.1) is 11.3 Å². The summed E-state index contributed by atoms with van der Waals surface area (Å²) in [5.41, 5.74) is 1.40. The fourth-order valence-electron chi connectivity index (χ4n) is 1.91. The van der Waals surface area contributed by atoms with Crippen LogP contribution < -0.4 is 14.8 Å². The van der Waals surface area contributed by atoms with E-state index < -0.39 is 0 Å². The predicted octanol–water partition coefficient (Wildman–Crippen LogP) is 2.02. The molecular formula is C15H16N4O2. The smallest absolute Gasteiger partial charge is 0.182 e. The van der Waals surface area contributed by atoms with Gasteiger partial charge in [0.25, 0.3) is 0 Å². The van der Waals surface area contributed by atoms with Crippen molar-refractivity contribution in [1.29, 1.82) is 5.26 Å². The molecule has 1 aromatic heterocycles. The van der Waals surface area contributed by atoms with E-state index in [0.29, 0.717) is 29.6 Å². The molecule has 0 amide bonds. The van der Waals surface area contributed by atoms with Crippen LogP contribution in [0.2, 0.25) is 0 Å². The molecule has 0 aliphatic carbocycles. The molecule has 2 aromatic rings. The van der Waals surface area contributed by atoms with E-state index in [-0.39, 0.29) is 0 Å². The molecule has 0 radical (unpaired) electrons. The second-order valence-corrected chi connectivity index (χ2v) is 4.23. The summed E-state index contributed by atoms with van der Waals surface area (Å²) in [5, 5.41) is 12.0. The molecule has 2 rings (SSSR count). The number of rotatable bonds is 6. The Morgan fingerprint density at radius 2 is 1.90 bits per heavy atom. The maximum atomic E-state index is 8.94. The first-order valence-corrected chi connectivity index (χ1v) is 6.44. The Labute approximate surface area is 123 Å². The first-order valence-electron chi connectivity index (χ1n) is 6.44. The molecule has 108 valence electrons. The van der Waals surface area contributed by atoms with Crippen LogP contribution >= 0.6 is 0 Å². The molecular weight excluding hydrogens is 268 g/mol. The molecule has 0 bridgehead atoms. The van der Waals surface area contributed by atoms with Crippen molar-refractivity contribution in [2.24, 2.45) is 0 Å². The minimum absolute atomic E-state index is 0.296. The third kappa shape index (κ3) is 3.60. The Morgan fingerprint density at radius 1 is 1.14 bits per heavy atom. The van der Waals surface area contributed by atoms with Crippen molar-refractivity contribution in [2.75, 3.05) is 26.1 Å². The molecule has 6 heteroatoms. The summed E-state index contributed by atoms with van der Waals surface area (Å²) >= 11 is 0. The van der Waals surface area contributed by atoms with E-state index in [2.05, 4.69) is 15.3 Å². The number of methoxy groups -OCH3 is 2. The van der Waals surface area contributed by atoms with Crippen molar-refractivity contribution in [3.63, 3.8) is 0 Å². The second-order valence-electron chi connectivity index (χ2n) is 4.23. The number of benzene rings is 1. The Morgan fingerprint density at radius 3 is 2.62 bits per heavy atom. The Kier molecular flexibility index (Phi) is 4.94. The van der Waals surface area contributed by atoms with Gasteiger partial charge >= 0.3 is 0 Å². The first-order chi connectivity index (χ1) is 10.3. The van der Waals surface area contributed by atoms with Crippen molar-refractivity contribution in [1.82, 2.24) is 9.97 Å². The predicted molar refractivity (Wildman–Crippen MR) is 78.5 cm³/mol. The van der Waals surface area contributed by atoms with Crippen LogP contribution in [0.5, 0.6) is 11.5 Å². The van der Waals surface area contributed by atoms with Gasteiger partial charge in [-0.05, 0) is 24.1 Å². The minimum atomic E-state index is 0.296. The van der Waals surface area contributed by atoms with Gasteiger partial charge in [0.2, 0.25) is 0 Å². The normalized spacial score (nSPS) is 9.76. The van der Waals surface area contributed by atoms with E-state index >= 15 is 0 Å². The van der Waals surface area contributed by atoms with Crippen molar-refractivity contribution >= 4 is 5.82 Å². The Bertz CT molecular complexity index is 652. The molecule has 0 fully saturated rings. The highest BCUT2D eigenvalue weighted by molar-refractivity contribution is 5.47. The number of anilines is 1. The molecule has 21 heavy (non-hydrogen) atoms. The van der Waals surface area contributed by atoms with Gasteiger partial charge in [0.15, 0.2) is 23.0 Å². The minimum Gasteiger partial charge on any atom is -0.493 e. The van der Waals surface area contributed by atoms with Crippen LogP contribution in [-0.4, -0.2) is 30.7 Å². The maximum Gasteiger partial charge on any atom is 0.182 e. The zero-order valence-corrected chi connectivity index (χ0v) is 12.0. The summed E-state index contributed by atoms with van der Waals surface area (Å²) in [5.74, 6) is 1.91. The van der Waals surface area contributed by atoms with Gasteiger partial charge in [-0.2, -0.15) is 5.26 Å². The molecule has 0 aliphatic rings. The molecule has 0 aliphatic heterocycles. The van der Waals surface area contributed by atoms with Gasteiger partial charge in [0.05, 0.1) is 14.2 Å². The van der Waals surface area contributed by atoms with Crippen LogP contribution in [0.3, 0.4) is 0 Å². The molecule has 1 aromatic carbocycles.